The van der Waals surface area contributed by atoms with Crippen LogP contribution in [0.15, 0.2) is 4.52 Å². The molecule has 1 N–H and O–H groups in total. The van der Waals surface area contributed by atoms with Gasteiger partial charge in [-0.05, 0) is 20.3 Å². The van der Waals surface area contributed by atoms with Gasteiger partial charge in [0.05, 0.1) is 11.3 Å². The number of rotatable bonds is 4. The van der Waals surface area contributed by atoms with Crippen LogP contribution in [-0.2, 0) is 7.05 Å². The molecule has 0 aromatic carbocycles. The van der Waals surface area contributed by atoms with Gasteiger partial charge in [-0.2, -0.15) is 10.1 Å². The number of aryl methyl sites for hydroxylation is 2. The fourth-order valence-corrected chi connectivity index (χ4v) is 1.96. The summed E-state index contributed by atoms with van der Waals surface area (Å²) in [5, 5.41) is 18.0. The van der Waals surface area contributed by atoms with Crippen molar-refractivity contribution in [1.29, 1.82) is 0 Å². The molecule has 2 heterocycles. The highest BCUT2D eigenvalue weighted by molar-refractivity contribution is 5.59. The van der Waals surface area contributed by atoms with Gasteiger partial charge < -0.3 is 9.63 Å². The molecule has 1 atom stereocenters. The molecule has 0 amide bonds. The average molecular weight is 250 g/mol. The molecule has 0 aliphatic rings. The molecule has 0 radical (unpaired) electrons. The number of nitrogens with zero attached hydrogens (tertiary/aromatic N) is 4. The summed E-state index contributed by atoms with van der Waals surface area (Å²) in [6.07, 6.45) is 0.838. The summed E-state index contributed by atoms with van der Waals surface area (Å²) in [4.78, 5) is 4.25. The Morgan fingerprint density at radius 1 is 1.39 bits per heavy atom. The lowest BCUT2D eigenvalue weighted by Crippen LogP contribution is -1.99. The van der Waals surface area contributed by atoms with Gasteiger partial charge in [0.1, 0.15) is 6.10 Å². The molecule has 0 aliphatic heterocycles. The van der Waals surface area contributed by atoms with Gasteiger partial charge in [0.25, 0.3) is 5.89 Å². The maximum absolute atomic E-state index is 9.82. The fraction of sp³-hybridized carbons (Fsp3) is 0.583. The van der Waals surface area contributed by atoms with Gasteiger partial charge >= 0.3 is 0 Å². The second-order valence-electron chi connectivity index (χ2n) is 4.43. The maximum atomic E-state index is 9.82. The van der Waals surface area contributed by atoms with Gasteiger partial charge in [-0.1, -0.05) is 18.5 Å². The van der Waals surface area contributed by atoms with Crippen LogP contribution < -0.4 is 0 Å². The minimum Gasteiger partial charge on any atom is -0.385 e. The molecule has 0 saturated carbocycles. The van der Waals surface area contributed by atoms with Crippen LogP contribution in [0.2, 0.25) is 0 Å². The molecule has 1 unspecified atom stereocenters. The van der Waals surface area contributed by atoms with Gasteiger partial charge in [0.2, 0.25) is 5.82 Å². The predicted molar refractivity (Wildman–Crippen MR) is 65.8 cm³/mol. The van der Waals surface area contributed by atoms with Gasteiger partial charge in [0, 0.05) is 12.7 Å². The lowest BCUT2D eigenvalue weighted by molar-refractivity contribution is 0.153. The Morgan fingerprint density at radius 3 is 2.67 bits per heavy atom. The third-order valence-corrected chi connectivity index (χ3v) is 3.02. The Kier molecular flexibility index (Phi) is 3.47. The van der Waals surface area contributed by atoms with Gasteiger partial charge in [-0.15, -0.1) is 0 Å². The van der Waals surface area contributed by atoms with Gasteiger partial charge in [-0.3, -0.25) is 4.68 Å². The number of aliphatic hydroxyl groups excluding tert-OH is 1. The quantitative estimate of drug-likeness (QED) is 0.897. The topological polar surface area (TPSA) is 77.0 Å². The van der Waals surface area contributed by atoms with Crippen molar-refractivity contribution < 1.29 is 9.63 Å². The Labute approximate surface area is 106 Å². The molecule has 0 aliphatic carbocycles. The van der Waals surface area contributed by atoms with Crippen LogP contribution in [0.25, 0.3) is 11.5 Å². The highest BCUT2D eigenvalue weighted by Crippen LogP contribution is 2.26. The first-order valence-electron chi connectivity index (χ1n) is 6.06. The lowest BCUT2D eigenvalue weighted by Gasteiger charge is -2.01. The van der Waals surface area contributed by atoms with Crippen LogP contribution in [0, 0.1) is 13.8 Å². The van der Waals surface area contributed by atoms with Crippen molar-refractivity contribution >= 4 is 0 Å². The van der Waals surface area contributed by atoms with E-state index in [2.05, 4.69) is 15.2 Å². The van der Waals surface area contributed by atoms with E-state index >= 15 is 0 Å². The van der Waals surface area contributed by atoms with E-state index in [0.29, 0.717) is 18.1 Å². The zero-order valence-corrected chi connectivity index (χ0v) is 11.1. The zero-order chi connectivity index (χ0) is 13.3. The van der Waals surface area contributed by atoms with Crippen molar-refractivity contribution in [2.24, 2.45) is 7.05 Å². The Hall–Kier alpha value is -1.69. The summed E-state index contributed by atoms with van der Waals surface area (Å²) in [5.74, 6) is 0.762. The molecule has 0 saturated heterocycles. The van der Waals surface area contributed by atoms with Crippen LogP contribution in [0.3, 0.4) is 0 Å². The first-order chi connectivity index (χ1) is 8.54. The van der Waals surface area contributed by atoms with Crippen LogP contribution in [-0.4, -0.2) is 25.0 Å². The van der Waals surface area contributed by atoms with Crippen molar-refractivity contribution in [3.63, 3.8) is 0 Å². The summed E-state index contributed by atoms with van der Waals surface area (Å²) in [5.41, 5.74) is 2.66. The highest BCUT2D eigenvalue weighted by Gasteiger charge is 2.20. The molecular formula is C12H18N4O2. The van der Waals surface area contributed by atoms with Crippen molar-refractivity contribution in [1.82, 2.24) is 19.9 Å². The number of hydrogen-bond donors (Lipinski definition) is 1. The predicted octanol–water partition coefficient (Wildman–Crippen LogP) is 1.92. The SMILES string of the molecule is CCCC(O)c1noc(-c2c(C)nn(C)c2C)n1. The van der Waals surface area contributed by atoms with Crippen molar-refractivity contribution in [2.45, 2.75) is 39.7 Å². The second-order valence-corrected chi connectivity index (χ2v) is 4.43. The van der Waals surface area contributed by atoms with Crippen molar-refractivity contribution in [2.75, 3.05) is 0 Å². The van der Waals surface area contributed by atoms with E-state index in [1.165, 1.54) is 0 Å². The molecule has 98 valence electrons. The molecule has 2 aromatic rings. The molecule has 0 spiro atoms. The van der Waals surface area contributed by atoms with Crippen LogP contribution in [0.4, 0.5) is 0 Å². The minimum absolute atomic E-state index is 0.342. The number of aromatic nitrogens is 4. The first kappa shape index (κ1) is 12.8. The van der Waals surface area contributed by atoms with Crippen molar-refractivity contribution in [3.05, 3.63) is 17.2 Å². The van der Waals surface area contributed by atoms with E-state index < -0.39 is 6.10 Å². The molecule has 2 rings (SSSR count). The Morgan fingerprint density at radius 2 is 2.11 bits per heavy atom. The van der Waals surface area contributed by atoms with Gasteiger partial charge in [0.15, 0.2) is 0 Å². The largest absolute Gasteiger partial charge is 0.385 e. The van der Waals surface area contributed by atoms with E-state index in [-0.39, 0.29) is 0 Å². The highest BCUT2D eigenvalue weighted by atomic mass is 16.5. The van der Waals surface area contributed by atoms with Crippen molar-refractivity contribution in [3.8, 4) is 11.5 Å². The standard InChI is InChI=1S/C12H18N4O2/c1-5-6-9(17)11-13-12(18-15-11)10-7(2)14-16(4)8(10)3/h9,17H,5-6H2,1-4H3. The Balaban J connectivity index is 2.35. The summed E-state index contributed by atoms with van der Waals surface area (Å²) < 4.78 is 6.99. The molecule has 6 nitrogen and oxygen atoms in total. The lowest BCUT2D eigenvalue weighted by atomic mass is 10.2. The normalized spacial score (nSPS) is 12.9. The Bertz CT molecular complexity index is 544. The van der Waals surface area contributed by atoms with Crippen LogP contribution in [0.5, 0.6) is 0 Å². The summed E-state index contributed by atoms with van der Waals surface area (Å²) in [7, 11) is 1.87. The van der Waals surface area contributed by atoms with E-state index in [9.17, 15) is 5.11 Å². The van der Waals surface area contributed by atoms with E-state index in [1.807, 2.05) is 27.8 Å². The zero-order valence-electron chi connectivity index (χ0n) is 11.1. The minimum atomic E-state index is -0.662. The van der Waals surface area contributed by atoms with Gasteiger partial charge in [-0.25, -0.2) is 0 Å². The molecule has 0 fully saturated rings. The maximum Gasteiger partial charge on any atom is 0.261 e. The third kappa shape index (κ3) is 2.15. The molecule has 6 heteroatoms. The monoisotopic (exact) mass is 250 g/mol. The summed E-state index contributed by atoms with van der Waals surface area (Å²) in [6, 6.07) is 0. The molecule has 18 heavy (non-hydrogen) atoms. The summed E-state index contributed by atoms with van der Waals surface area (Å²) in [6.45, 7) is 5.84. The van der Waals surface area contributed by atoms with E-state index in [4.69, 9.17) is 4.52 Å². The number of hydrogen-bond acceptors (Lipinski definition) is 5. The van der Waals surface area contributed by atoms with Crippen LogP contribution >= 0.6 is 0 Å². The van der Waals surface area contributed by atoms with E-state index in [1.54, 1.807) is 4.68 Å². The first-order valence-corrected chi connectivity index (χ1v) is 6.06. The molecule has 0 bridgehead atoms. The molecule has 2 aromatic heterocycles. The molecular weight excluding hydrogens is 232 g/mol. The second kappa shape index (κ2) is 4.89. The van der Waals surface area contributed by atoms with E-state index in [0.717, 1.165) is 23.4 Å². The smallest absolute Gasteiger partial charge is 0.261 e. The third-order valence-electron chi connectivity index (χ3n) is 3.02. The summed E-state index contributed by atoms with van der Waals surface area (Å²) >= 11 is 0. The van der Waals surface area contributed by atoms with Crippen LogP contribution in [0.1, 0.15) is 43.1 Å². The number of aliphatic hydroxyl groups is 1. The average Bonchev–Trinajstić information content (AvgIpc) is 2.86. The fourth-order valence-electron chi connectivity index (χ4n) is 1.96.